The molecule has 1 aromatic rings. The van der Waals surface area contributed by atoms with Crippen LogP contribution in [-0.2, 0) is 9.68 Å². The quantitative estimate of drug-likeness (QED) is 0.780. The van der Waals surface area contributed by atoms with E-state index in [1.54, 1.807) is 6.07 Å². The van der Waals surface area contributed by atoms with Gasteiger partial charge in [-0.1, -0.05) is 6.07 Å². The van der Waals surface area contributed by atoms with E-state index in [-0.39, 0.29) is 11.5 Å². The summed E-state index contributed by atoms with van der Waals surface area (Å²) in [6.07, 6.45) is -1.59. The molecule has 0 aliphatic carbocycles. The molecule has 0 unspecified atom stereocenters. The van der Waals surface area contributed by atoms with Crippen molar-refractivity contribution < 1.29 is 28.7 Å². The van der Waals surface area contributed by atoms with E-state index in [9.17, 15) is 9.59 Å². The highest BCUT2D eigenvalue weighted by Crippen LogP contribution is 2.19. The van der Waals surface area contributed by atoms with Crippen molar-refractivity contribution in [2.24, 2.45) is 0 Å². The van der Waals surface area contributed by atoms with Crippen molar-refractivity contribution >= 4 is 12.2 Å². The van der Waals surface area contributed by atoms with Crippen LogP contribution in [0.15, 0.2) is 24.3 Å². The number of hydroxylamine groups is 2. The fourth-order valence-electron chi connectivity index (χ4n) is 1.02. The van der Waals surface area contributed by atoms with Gasteiger partial charge < -0.3 is 9.47 Å². The summed E-state index contributed by atoms with van der Waals surface area (Å²) in [4.78, 5) is 30.8. The Kier molecular flexibility index (Phi) is 5.42. The number of carbonyl (C=O) groups is 2. The average Bonchev–Trinajstić information content (AvgIpc) is 2.29. The standard InChI is InChI=1S/C10H12N2O6/c1-15-11-9(13)17-7-4-3-5-8(6-7)18-10(14)12-16-2/h3-6H,1-2H3,(H,11,13)(H,12,14). The second kappa shape index (κ2) is 7.09. The average molecular weight is 256 g/mol. The largest absolute Gasteiger partial charge is 0.436 e. The first kappa shape index (κ1) is 13.7. The molecule has 0 heterocycles. The van der Waals surface area contributed by atoms with Crippen LogP contribution in [0, 0.1) is 0 Å². The minimum Gasteiger partial charge on any atom is -0.409 e. The van der Waals surface area contributed by atoms with E-state index >= 15 is 0 Å². The highest BCUT2D eigenvalue weighted by Gasteiger charge is 2.07. The van der Waals surface area contributed by atoms with Crippen molar-refractivity contribution in [3.63, 3.8) is 0 Å². The highest BCUT2D eigenvalue weighted by molar-refractivity contribution is 5.70. The Labute approximate surface area is 103 Å². The Morgan fingerprint density at radius 2 is 1.39 bits per heavy atom. The van der Waals surface area contributed by atoms with Crippen LogP contribution in [0.5, 0.6) is 11.5 Å². The maximum atomic E-state index is 11.1. The number of rotatable bonds is 4. The lowest BCUT2D eigenvalue weighted by Gasteiger charge is -2.07. The van der Waals surface area contributed by atoms with E-state index < -0.39 is 12.2 Å². The molecule has 8 heteroatoms. The van der Waals surface area contributed by atoms with Crippen molar-refractivity contribution in [2.75, 3.05) is 14.2 Å². The van der Waals surface area contributed by atoms with Gasteiger partial charge in [-0.3, -0.25) is 9.68 Å². The summed E-state index contributed by atoms with van der Waals surface area (Å²) < 4.78 is 9.64. The monoisotopic (exact) mass is 256 g/mol. The van der Waals surface area contributed by atoms with Gasteiger partial charge in [-0.05, 0) is 12.1 Å². The van der Waals surface area contributed by atoms with Crippen molar-refractivity contribution in [3.8, 4) is 11.5 Å². The van der Waals surface area contributed by atoms with E-state index in [4.69, 9.17) is 9.47 Å². The molecule has 1 aromatic carbocycles. The van der Waals surface area contributed by atoms with Gasteiger partial charge in [-0.15, -0.1) is 0 Å². The van der Waals surface area contributed by atoms with E-state index in [1.165, 1.54) is 32.4 Å². The van der Waals surface area contributed by atoms with Gasteiger partial charge in [0.2, 0.25) is 0 Å². The SMILES string of the molecule is CONC(=O)Oc1cccc(OC(=O)NOC)c1. The van der Waals surface area contributed by atoms with E-state index in [1.807, 2.05) is 11.0 Å². The van der Waals surface area contributed by atoms with Crippen LogP contribution in [0.1, 0.15) is 0 Å². The normalized spacial score (nSPS) is 9.44. The molecule has 0 aromatic heterocycles. The fraction of sp³-hybridized carbons (Fsp3) is 0.200. The highest BCUT2D eigenvalue weighted by atomic mass is 16.7. The summed E-state index contributed by atoms with van der Waals surface area (Å²) in [5.74, 6) is 0.375. The van der Waals surface area contributed by atoms with Crippen LogP contribution in [0.4, 0.5) is 9.59 Å². The Hall–Kier alpha value is -2.32. The molecule has 8 nitrogen and oxygen atoms in total. The maximum absolute atomic E-state index is 11.1. The summed E-state index contributed by atoms with van der Waals surface area (Å²) in [6, 6.07) is 5.92. The van der Waals surface area contributed by atoms with Gasteiger partial charge in [0.15, 0.2) is 0 Å². The van der Waals surface area contributed by atoms with Crippen LogP contribution in [0.2, 0.25) is 0 Å². The van der Waals surface area contributed by atoms with Crippen molar-refractivity contribution in [1.29, 1.82) is 0 Å². The molecular formula is C10H12N2O6. The topological polar surface area (TPSA) is 95.1 Å². The molecule has 98 valence electrons. The minimum absolute atomic E-state index is 0.187. The number of nitrogens with one attached hydrogen (secondary N) is 2. The first-order chi connectivity index (χ1) is 8.65. The van der Waals surface area contributed by atoms with Gasteiger partial charge in [-0.25, -0.2) is 9.59 Å². The molecule has 0 radical (unpaired) electrons. The lowest BCUT2D eigenvalue weighted by molar-refractivity contribution is 0.0835. The van der Waals surface area contributed by atoms with Crippen LogP contribution < -0.4 is 20.4 Å². The number of hydrogen-bond donors (Lipinski definition) is 2. The van der Waals surface area contributed by atoms with Gasteiger partial charge >= 0.3 is 12.2 Å². The van der Waals surface area contributed by atoms with Crippen LogP contribution in [-0.4, -0.2) is 26.4 Å². The number of amides is 2. The van der Waals surface area contributed by atoms with Crippen LogP contribution in [0.25, 0.3) is 0 Å². The molecule has 0 bridgehead atoms. The summed E-state index contributed by atoms with van der Waals surface area (Å²) in [5, 5.41) is 0. The zero-order valence-corrected chi connectivity index (χ0v) is 9.76. The molecule has 0 saturated heterocycles. The maximum Gasteiger partial charge on any atom is 0.436 e. The number of ether oxygens (including phenoxy) is 2. The molecule has 2 N–H and O–H groups in total. The van der Waals surface area contributed by atoms with E-state index in [0.717, 1.165) is 0 Å². The third-order valence-electron chi connectivity index (χ3n) is 1.60. The van der Waals surface area contributed by atoms with Gasteiger partial charge in [0, 0.05) is 6.07 Å². The number of hydrogen-bond acceptors (Lipinski definition) is 6. The lowest BCUT2D eigenvalue weighted by Crippen LogP contribution is -2.26. The summed E-state index contributed by atoms with van der Waals surface area (Å²) in [7, 11) is 2.55. The van der Waals surface area contributed by atoms with Gasteiger partial charge in [0.1, 0.15) is 11.5 Å². The van der Waals surface area contributed by atoms with Crippen LogP contribution in [0.3, 0.4) is 0 Å². The molecule has 0 aliphatic heterocycles. The van der Waals surface area contributed by atoms with E-state index in [2.05, 4.69) is 9.68 Å². The first-order valence-corrected chi connectivity index (χ1v) is 4.77. The fourth-order valence-corrected chi connectivity index (χ4v) is 1.02. The molecule has 0 aliphatic rings. The Bertz CT molecular complexity index is 387. The predicted octanol–water partition coefficient (Wildman–Crippen LogP) is 0.986. The van der Waals surface area contributed by atoms with Crippen molar-refractivity contribution in [2.45, 2.75) is 0 Å². The Balaban J connectivity index is 2.61. The lowest BCUT2D eigenvalue weighted by atomic mass is 10.3. The van der Waals surface area contributed by atoms with Gasteiger partial charge in [-0.2, -0.15) is 11.0 Å². The molecule has 0 fully saturated rings. The van der Waals surface area contributed by atoms with Crippen molar-refractivity contribution in [3.05, 3.63) is 24.3 Å². The molecule has 0 atom stereocenters. The van der Waals surface area contributed by atoms with Gasteiger partial charge in [0.25, 0.3) is 0 Å². The molecule has 0 saturated carbocycles. The molecular weight excluding hydrogens is 244 g/mol. The third-order valence-corrected chi connectivity index (χ3v) is 1.60. The Morgan fingerprint density at radius 1 is 0.944 bits per heavy atom. The third kappa shape index (κ3) is 4.68. The first-order valence-electron chi connectivity index (χ1n) is 4.77. The minimum atomic E-state index is -0.795. The molecule has 2 amide bonds. The molecule has 18 heavy (non-hydrogen) atoms. The van der Waals surface area contributed by atoms with Crippen LogP contribution >= 0.6 is 0 Å². The predicted molar refractivity (Wildman–Crippen MR) is 58.8 cm³/mol. The zero-order chi connectivity index (χ0) is 13.4. The Morgan fingerprint density at radius 3 is 1.78 bits per heavy atom. The number of carbonyl (C=O) groups excluding carboxylic acids is 2. The van der Waals surface area contributed by atoms with E-state index in [0.29, 0.717) is 0 Å². The summed E-state index contributed by atoms with van der Waals surface area (Å²) in [5.41, 5.74) is 3.95. The smallest absolute Gasteiger partial charge is 0.409 e. The molecule has 1 rings (SSSR count). The van der Waals surface area contributed by atoms with Gasteiger partial charge in [0.05, 0.1) is 14.2 Å². The van der Waals surface area contributed by atoms with Crippen molar-refractivity contribution in [1.82, 2.24) is 11.0 Å². The summed E-state index contributed by atoms with van der Waals surface area (Å²) >= 11 is 0. The molecule has 0 spiro atoms. The number of benzene rings is 1. The second-order valence-corrected chi connectivity index (χ2v) is 2.87. The summed E-state index contributed by atoms with van der Waals surface area (Å²) in [6.45, 7) is 0. The zero-order valence-electron chi connectivity index (χ0n) is 9.76. The second-order valence-electron chi connectivity index (χ2n) is 2.87.